The molecule has 0 atom stereocenters. The molecule has 0 aliphatic rings. The summed E-state index contributed by atoms with van der Waals surface area (Å²) in [5.41, 5.74) is 1.59. The minimum atomic E-state index is -0.575. The van der Waals surface area contributed by atoms with Crippen LogP contribution in [0, 0.1) is 17.0 Å². The number of esters is 1. The molecular weight excluding hydrogens is 410 g/mol. The normalized spacial score (nSPS) is 10.4. The molecule has 0 bridgehead atoms. The van der Waals surface area contributed by atoms with Gasteiger partial charge in [0.05, 0.1) is 23.3 Å². The maximum Gasteiger partial charge on any atom is 0.354 e. The molecule has 0 fully saturated rings. The largest absolute Gasteiger partial charge is 0.465 e. The van der Waals surface area contributed by atoms with E-state index in [1.165, 1.54) is 18.3 Å². The summed E-state index contributed by atoms with van der Waals surface area (Å²) in [5.74, 6) is -0.562. The maximum atomic E-state index is 12.1. The number of nitrogens with zero attached hydrogens (tertiary/aromatic N) is 4. The van der Waals surface area contributed by atoms with Gasteiger partial charge in [-0.2, -0.15) is 0 Å². The van der Waals surface area contributed by atoms with E-state index >= 15 is 0 Å². The number of methoxy groups -OCH3 is 1. The Morgan fingerprint density at radius 3 is 2.63 bits per heavy atom. The zero-order valence-corrected chi connectivity index (χ0v) is 17.2. The lowest BCUT2D eigenvalue weighted by Gasteiger charge is -2.21. The van der Waals surface area contributed by atoms with Crippen LogP contribution in [0.15, 0.2) is 48.8 Å². The second kappa shape index (κ2) is 8.75. The topological polar surface area (TPSA) is 110 Å². The SMILES string of the molecule is COC(=O)c1ccccc1N(C)c1ncnc(Nc2cccc(Cl)c2C)c1[N+](=O)[O-]. The molecule has 0 saturated carbocycles. The Labute approximate surface area is 177 Å². The van der Waals surface area contributed by atoms with E-state index in [4.69, 9.17) is 16.3 Å². The van der Waals surface area contributed by atoms with E-state index in [-0.39, 0.29) is 22.9 Å². The van der Waals surface area contributed by atoms with Gasteiger partial charge in [0.25, 0.3) is 0 Å². The molecule has 0 spiro atoms. The zero-order chi connectivity index (χ0) is 21.8. The molecule has 3 aromatic rings. The summed E-state index contributed by atoms with van der Waals surface area (Å²) in [6, 6.07) is 11.8. The number of hydrogen-bond acceptors (Lipinski definition) is 8. The number of benzene rings is 2. The summed E-state index contributed by atoms with van der Waals surface area (Å²) in [6.07, 6.45) is 1.21. The first-order valence-electron chi connectivity index (χ1n) is 8.77. The van der Waals surface area contributed by atoms with Crippen LogP contribution >= 0.6 is 11.6 Å². The molecule has 2 aromatic carbocycles. The van der Waals surface area contributed by atoms with Gasteiger partial charge in [-0.1, -0.05) is 29.8 Å². The van der Waals surface area contributed by atoms with E-state index in [1.807, 2.05) is 0 Å². The van der Waals surface area contributed by atoms with Gasteiger partial charge in [0.1, 0.15) is 6.33 Å². The van der Waals surface area contributed by atoms with Crippen LogP contribution in [0.25, 0.3) is 0 Å². The Morgan fingerprint density at radius 2 is 1.93 bits per heavy atom. The second-order valence-electron chi connectivity index (χ2n) is 6.26. The van der Waals surface area contributed by atoms with Gasteiger partial charge in [-0.3, -0.25) is 10.1 Å². The fourth-order valence-corrected chi connectivity index (χ4v) is 3.08. The Morgan fingerprint density at radius 1 is 1.20 bits per heavy atom. The summed E-state index contributed by atoms with van der Waals surface area (Å²) >= 11 is 6.15. The second-order valence-corrected chi connectivity index (χ2v) is 6.66. The van der Waals surface area contributed by atoms with Gasteiger partial charge in [0, 0.05) is 17.8 Å². The van der Waals surface area contributed by atoms with Gasteiger partial charge in [0.2, 0.25) is 11.6 Å². The van der Waals surface area contributed by atoms with Crippen molar-refractivity contribution in [2.24, 2.45) is 0 Å². The van der Waals surface area contributed by atoms with Crippen LogP contribution in [0.4, 0.5) is 28.7 Å². The van der Waals surface area contributed by atoms with E-state index in [0.29, 0.717) is 16.4 Å². The van der Waals surface area contributed by atoms with Crippen LogP contribution < -0.4 is 10.2 Å². The monoisotopic (exact) mass is 427 g/mol. The number of para-hydroxylation sites is 1. The van der Waals surface area contributed by atoms with Crippen LogP contribution in [-0.2, 0) is 4.74 Å². The predicted octanol–water partition coefficient (Wildman–Crippen LogP) is 4.64. The molecule has 154 valence electrons. The minimum absolute atomic E-state index is 0.00207. The molecule has 0 aliphatic heterocycles. The maximum absolute atomic E-state index is 12.1. The summed E-state index contributed by atoms with van der Waals surface area (Å²) in [7, 11) is 2.84. The van der Waals surface area contributed by atoms with E-state index in [9.17, 15) is 14.9 Å². The van der Waals surface area contributed by atoms with Crippen LogP contribution in [-0.4, -0.2) is 35.0 Å². The van der Waals surface area contributed by atoms with Crippen molar-refractivity contribution in [1.29, 1.82) is 0 Å². The smallest absolute Gasteiger partial charge is 0.354 e. The lowest BCUT2D eigenvalue weighted by atomic mass is 10.1. The number of carbonyl (C=O) groups is 1. The summed E-state index contributed by atoms with van der Waals surface area (Å²) in [6.45, 7) is 1.79. The lowest BCUT2D eigenvalue weighted by molar-refractivity contribution is -0.383. The third-order valence-corrected chi connectivity index (χ3v) is 4.90. The highest BCUT2D eigenvalue weighted by Gasteiger charge is 2.28. The highest BCUT2D eigenvalue weighted by Crippen LogP contribution is 2.38. The molecule has 1 heterocycles. The number of halogens is 1. The van der Waals surface area contributed by atoms with E-state index in [0.717, 1.165) is 5.56 Å². The quantitative estimate of drug-likeness (QED) is 0.344. The van der Waals surface area contributed by atoms with E-state index in [2.05, 4.69) is 15.3 Å². The summed E-state index contributed by atoms with van der Waals surface area (Å²) in [4.78, 5) is 33.1. The van der Waals surface area contributed by atoms with Crippen molar-refractivity contribution in [2.45, 2.75) is 6.92 Å². The lowest BCUT2D eigenvalue weighted by Crippen LogP contribution is -2.18. The highest BCUT2D eigenvalue weighted by molar-refractivity contribution is 6.31. The molecule has 0 unspecified atom stereocenters. The summed E-state index contributed by atoms with van der Waals surface area (Å²) in [5, 5.41) is 15.4. The van der Waals surface area contributed by atoms with E-state index in [1.54, 1.807) is 56.4 Å². The first kappa shape index (κ1) is 21.0. The minimum Gasteiger partial charge on any atom is -0.465 e. The summed E-state index contributed by atoms with van der Waals surface area (Å²) < 4.78 is 4.81. The van der Waals surface area contributed by atoms with Gasteiger partial charge in [-0.15, -0.1) is 0 Å². The number of anilines is 4. The Hall–Kier alpha value is -3.72. The zero-order valence-electron chi connectivity index (χ0n) is 16.4. The number of nitro groups is 1. The van der Waals surface area contributed by atoms with Crippen molar-refractivity contribution >= 4 is 46.3 Å². The molecule has 0 radical (unpaired) electrons. The number of nitrogens with one attached hydrogen (secondary N) is 1. The first-order valence-corrected chi connectivity index (χ1v) is 9.15. The molecular formula is C20H18ClN5O4. The number of carbonyl (C=O) groups excluding carboxylic acids is 1. The van der Waals surface area contributed by atoms with Crippen molar-refractivity contribution in [3.05, 3.63) is 75.1 Å². The molecule has 0 saturated heterocycles. The van der Waals surface area contributed by atoms with E-state index < -0.39 is 10.9 Å². The third kappa shape index (κ3) is 4.01. The Balaban J connectivity index is 2.11. The number of rotatable bonds is 6. The van der Waals surface area contributed by atoms with Crippen LogP contribution in [0.5, 0.6) is 0 Å². The number of aromatic nitrogens is 2. The fraction of sp³-hybridized carbons (Fsp3) is 0.150. The van der Waals surface area contributed by atoms with Crippen molar-refractivity contribution in [3.8, 4) is 0 Å². The number of ether oxygens (including phenoxy) is 1. The molecule has 3 rings (SSSR count). The van der Waals surface area contributed by atoms with Crippen LogP contribution in [0.3, 0.4) is 0 Å². The van der Waals surface area contributed by atoms with Crippen LogP contribution in [0.2, 0.25) is 5.02 Å². The van der Waals surface area contributed by atoms with Gasteiger partial charge in [-0.25, -0.2) is 14.8 Å². The molecule has 1 N–H and O–H groups in total. The standard InChI is InChI=1S/C20H18ClN5O4/c1-12-14(21)8-6-9-15(12)24-18-17(26(28)29)19(23-11-22-18)25(2)16-10-5-4-7-13(16)20(27)30-3/h4-11H,1-3H3,(H,22,23,24). The Bertz CT molecular complexity index is 1120. The van der Waals surface area contributed by atoms with Crippen molar-refractivity contribution in [3.63, 3.8) is 0 Å². The number of hydrogen-bond donors (Lipinski definition) is 1. The van der Waals surface area contributed by atoms with Crippen molar-refractivity contribution < 1.29 is 14.5 Å². The average molecular weight is 428 g/mol. The van der Waals surface area contributed by atoms with Crippen molar-refractivity contribution in [1.82, 2.24) is 9.97 Å². The van der Waals surface area contributed by atoms with Crippen molar-refractivity contribution in [2.75, 3.05) is 24.4 Å². The van der Waals surface area contributed by atoms with Gasteiger partial charge < -0.3 is 15.0 Å². The molecule has 9 nitrogen and oxygen atoms in total. The molecule has 0 amide bonds. The van der Waals surface area contributed by atoms with Gasteiger partial charge >= 0.3 is 11.7 Å². The average Bonchev–Trinajstić information content (AvgIpc) is 2.75. The van der Waals surface area contributed by atoms with Gasteiger partial charge in [0.15, 0.2) is 0 Å². The predicted molar refractivity (Wildman–Crippen MR) is 114 cm³/mol. The van der Waals surface area contributed by atoms with Crippen LogP contribution in [0.1, 0.15) is 15.9 Å². The molecule has 10 heteroatoms. The highest BCUT2D eigenvalue weighted by atomic mass is 35.5. The van der Waals surface area contributed by atoms with Gasteiger partial charge in [-0.05, 0) is 36.8 Å². The Kier molecular flexibility index (Phi) is 6.12. The molecule has 0 aliphatic carbocycles. The fourth-order valence-electron chi connectivity index (χ4n) is 2.91. The molecule has 1 aromatic heterocycles. The first-order chi connectivity index (χ1) is 14.3. The molecule has 30 heavy (non-hydrogen) atoms. The third-order valence-electron chi connectivity index (χ3n) is 4.49.